The first-order valence-corrected chi connectivity index (χ1v) is 6.26. The van der Waals surface area contributed by atoms with Gasteiger partial charge >= 0.3 is 0 Å². The minimum absolute atomic E-state index is 0.0929. The molecule has 1 unspecified atom stereocenters. The van der Waals surface area contributed by atoms with E-state index in [-0.39, 0.29) is 6.04 Å². The summed E-state index contributed by atoms with van der Waals surface area (Å²) in [5, 5.41) is 8.48. The number of furan rings is 1. The van der Waals surface area contributed by atoms with Crippen LogP contribution in [0.15, 0.2) is 41.1 Å². The first-order chi connectivity index (χ1) is 9.28. The van der Waals surface area contributed by atoms with E-state index in [0.29, 0.717) is 0 Å². The highest BCUT2D eigenvalue weighted by molar-refractivity contribution is 5.77. The van der Waals surface area contributed by atoms with E-state index in [2.05, 4.69) is 27.5 Å². The maximum Gasteiger partial charge on any atom is 0.138 e. The Morgan fingerprint density at radius 1 is 1.37 bits per heavy atom. The van der Waals surface area contributed by atoms with Crippen LogP contribution in [0.4, 0.5) is 0 Å². The molecule has 0 amide bonds. The van der Waals surface area contributed by atoms with Gasteiger partial charge in [-0.15, -0.1) is 0 Å². The van der Waals surface area contributed by atoms with Crippen LogP contribution in [0.3, 0.4) is 0 Å². The van der Waals surface area contributed by atoms with Gasteiger partial charge in [-0.2, -0.15) is 5.10 Å². The van der Waals surface area contributed by atoms with Crippen molar-refractivity contribution in [1.29, 1.82) is 0 Å². The van der Waals surface area contributed by atoms with Gasteiger partial charge in [-0.1, -0.05) is 18.2 Å². The number of benzene rings is 1. The number of hydrogen-bond donors (Lipinski definition) is 1. The molecular weight excluding hydrogens is 240 g/mol. The van der Waals surface area contributed by atoms with E-state index >= 15 is 0 Å². The SMILES string of the molecule is CNC(Cc1ncnn1C)c1cc2ccccc2o1. The van der Waals surface area contributed by atoms with E-state index in [1.54, 1.807) is 11.0 Å². The number of likely N-dealkylation sites (N-methyl/N-ethyl adjacent to an activating group) is 1. The molecular formula is C14H16N4O. The molecule has 0 spiro atoms. The molecule has 0 aliphatic rings. The van der Waals surface area contributed by atoms with Crippen LogP contribution in [0.25, 0.3) is 11.0 Å². The van der Waals surface area contributed by atoms with E-state index < -0.39 is 0 Å². The van der Waals surface area contributed by atoms with Gasteiger partial charge in [-0.3, -0.25) is 4.68 Å². The molecule has 1 N–H and O–H groups in total. The zero-order chi connectivity index (χ0) is 13.2. The normalized spacial score (nSPS) is 12.9. The van der Waals surface area contributed by atoms with Gasteiger partial charge in [0, 0.05) is 18.9 Å². The molecule has 0 fully saturated rings. The third kappa shape index (κ3) is 2.24. The van der Waals surface area contributed by atoms with Crippen LogP contribution in [-0.2, 0) is 13.5 Å². The number of fused-ring (bicyclic) bond motifs is 1. The molecule has 98 valence electrons. The molecule has 1 aromatic carbocycles. The van der Waals surface area contributed by atoms with Gasteiger partial charge in [-0.05, 0) is 19.2 Å². The average molecular weight is 256 g/mol. The molecule has 0 radical (unpaired) electrons. The summed E-state index contributed by atoms with van der Waals surface area (Å²) in [5.41, 5.74) is 0.913. The molecule has 0 aliphatic heterocycles. The Labute approximate surface area is 111 Å². The molecule has 0 saturated heterocycles. The topological polar surface area (TPSA) is 55.9 Å². The number of aryl methyl sites for hydroxylation is 1. The summed E-state index contributed by atoms with van der Waals surface area (Å²) >= 11 is 0. The van der Waals surface area contributed by atoms with Crippen molar-refractivity contribution in [2.45, 2.75) is 12.5 Å². The minimum Gasteiger partial charge on any atom is -0.459 e. The van der Waals surface area contributed by atoms with Crippen LogP contribution in [0.2, 0.25) is 0 Å². The summed E-state index contributed by atoms with van der Waals surface area (Å²) < 4.78 is 7.67. The van der Waals surface area contributed by atoms with Crippen molar-refractivity contribution in [3.8, 4) is 0 Å². The summed E-state index contributed by atoms with van der Waals surface area (Å²) in [6.45, 7) is 0. The summed E-state index contributed by atoms with van der Waals surface area (Å²) in [7, 11) is 3.82. The third-order valence-corrected chi connectivity index (χ3v) is 3.33. The lowest BCUT2D eigenvalue weighted by Crippen LogP contribution is -2.20. The smallest absolute Gasteiger partial charge is 0.138 e. The predicted molar refractivity (Wildman–Crippen MR) is 72.7 cm³/mol. The number of aromatic nitrogens is 3. The Bertz CT molecular complexity index is 652. The zero-order valence-electron chi connectivity index (χ0n) is 11.0. The van der Waals surface area contributed by atoms with Gasteiger partial charge in [0.2, 0.25) is 0 Å². The van der Waals surface area contributed by atoms with Crippen molar-refractivity contribution in [1.82, 2.24) is 20.1 Å². The van der Waals surface area contributed by atoms with Crippen molar-refractivity contribution >= 4 is 11.0 Å². The van der Waals surface area contributed by atoms with Gasteiger partial charge in [0.05, 0.1) is 6.04 Å². The summed E-state index contributed by atoms with van der Waals surface area (Å²) in [6, 6.07) is 10.2. The molecule has 0 bridgehead atoms. The second kappa shape index (κ2) is 4.85. The maximum atomic E-state index is 5.89. The van der Waals surface area contributed by atoms with Gasteiger partial charge < -0.3 is 9.73 Å². The van der Waals surface area contributed by atoms with Crippen molar-refractivity contribution < 1.29 is 4.42 Å². The van der Waals surface area contributed by atoms with Crippen molar-refractivity contribution in [3.05, 3.63) is 48.2 Å². The van der Waals surface area contributed by atoms with Crippen LogP contribution >= 0.6 is 0 Å². The summed E-state index contributed by atoms with van der Waals surface area (Å²) in [5.74, 6) is 1.85. The molecule has 1 atom stereocenters. The molecule has 3 rings (SSSR count). The molecule has 2 aromatic heterocycles. The lowest BCUT2D eigenvalue weighted by Gasteiger charge is -2.12. The standard InChI is InChI=1S/C14H16N4O/c1-15-11(8-14-16-9-17-18(14)2)13-7-10-5-3-4-6-12(10)19-13/h3-7,9,11,15H,8H2,1-2H3. The fourth-order valence-electron chi connectivity index (χ4n) is 2.21. The first-order valence-electron chi connectivity index (χ1n) is 6.26. The lowest BCUT2D eigenvalue weighted by molar-refractivity contribution is 0.440. The van der Waals surface area contributed by atoms with Crippen LogP contribution < -0.4 is 5.32 Å². The van der Waals surface area contributed by atoms with Gasteiger partial charge in [-0.25, -0.2) is 4.98 Å². The van der Waals surface area contributed by atoms with Crippen LogP contribution in [0, 0.1) is 0 Å². The van der Waals surface area contributed by atoms with E-state index in [9.17, 15) is 0 Å². The van der Waals surface area contributed by atoms with E-state index in [1.807, 2.05) is 32.3 Å². The molecule has 5 nitrogen and oxygen atoms in total. The second-order valence-electron chi connectivity index (χ2n) is 4.53. The fraction of sp³-hybridized carbons (Fsp3) is 0.286. The molecule has 0 saturated carbocycles. The monoisotopic (exact) mass is 256 g/mol. The lowest BCUT2D eigenvalue weighted by atomic mass is 10.1. The number of rotatable bonds is 4. The Morgan fingerprint density at radius 2 is 2.21 bits per heavy atom. The second-order valence-corrected chi connectivity index (χ2v) is 4.53. The van der Waals surface area contributed by atoms with Crippen molar-refractivity contribution in [2.75, 3.05) is 7.05 Å². The van der Waals surface area contributed by atoms with E-state index in [0.717, 1.165) is 29.0 Å². The number of nitrogens with zero attached hydrogens (tertiary/aromatic N) is 3. The fourth-order valence-corrected chi connectivity index (χ4v) is 2.21. The van der Waals surface area contributed by atoms with Crippen LogP contribution in [-0.4, -0.2) is 21.8 Å². The van der Waals surface area contributed by atoms with Gasteiger partial charge in [0.15, 0.2) is 0 Å². The van der Waals surface area contributed by atoms with Crippen LogP contribution in [0.1, 0.15) is 17.6 Å². The number of hydrogen-bond acceptors (Lipinski definition) is 4. The Morgan fingerprint density at radius 3 is 2.89 bits per heavy atom. The molecule has 0 aliphatic carbocycles. The number of para-hydroxylation sites is 1. The highest BCUT2D eigenvalue weighted by Crippen LogP contribution is 2.25. The van der Waals surface area contributed by atoms with Crippen LogP contribution in [0.5, 0.6) is 0 Å². The minimum atomic E-state index is 0.0929. The predicted octanol–water partition coefficient (Wildman–Crippen LogP) is 2.06. The summed E-state index contributed by atoms with van der Waals surface area (Å²) in [6.07, 6.45) is 2.31. The molecule has 2 heterocycles. The molecule has 3 aromatic rings. The highest BCUT2D eigenvalue weighted by Gasteiger charge is 2.17. The summed E-state index contributed by atoms with van der Waals surface area (Å²) in [4.78, 5) is 4.25. The Kier molecular flexibility index (Phi) is 3.05. The zero-order valence-corrected chi connectivity index (χ0v) is 11.0. The van der Waals surface area contributed by atoms with Crippen molar-refractivity contribution in [3.63, 3.8) is 0 Å². The first kappa shape index (κ1) is 11.9. The molecule has 19 heavy (non-hydrogen) atoms. The Hall–Kier alpha value is -2.14. The Balaban J connectivity index is 1.91. The van der Waals surface area contributed by atoms with Crippen molar-refractivity contribution in [2.24, 2.45) is 7.05 Å². The average Bonchev–Trinajstić information content (AvgIpc) is 3.02. The van der Waals surface area contributed by atoms with Gasteiger partial charge in [0.1, 0.15) is 23.5 Å². The molecule has 5 heteroatoms. The number of nitrogens with one attached hydrogen (secondary N) is 1. The highest BCUT2D eigenvalue weighted by atomic mass is 16.3. The largest absolute Gasteiger partial charge is 0.459 e. The van der Waals surface area contributed by atoms with E-state index in [4.69, 9.17) is 4.42 Å². The maximum absolute atomic E-state index is 5.89. The quantitative estimate of drug-likeness (QED) is 0.776. The third-order valence-electron chi connectivity index (χ3n) is 3.33. The van der Waals surface area contributed by atoms with E-state index in [1.165, 1.54) is 0 Å². The van der Waals surface area contributed by atoms with Gasteiger partial charge in [0.25, 0.3) is 0 Å².